The summed E-state index contributed by atoms with van der Waals surface area (Å²) in [5.74, 6) is 0. The van der Waals surface area contributed by atoms with Crippen molar-refractivity contribution in [2.45, 2.75) is 83.6 Å². The summed E-state index contributed by atoms with van der Waals surface area (Å²) in [6, 6.07) is -0.332. The fraction of sp³-hybridized carbons (Fsp3) is 0.941. The lowest BCUT2D eigenvalue weighted by molar-refractivity contribution is 0.109. The molecule has 0 atom stereocenters. The van der Waals surface area contributed by atoms with Gasteiger partial charge in [0.25, 0.3) is 0 Å². The van der Waals surface area contributed by atoms with Crippen molar-refractivity contribution >= 4 is 6.03 Å². The molecule has 0 aromatic rings. The van der Waals surface area contributed by atoms with Gasteiger partial charge < -0.3 is 20.8 Å². The van der Waals surface area contributed by atoms with Crippen molar-refractivity contribution in [1.82, 2.24) is 10.6 Å². The summed E-state index contributed by atoms with van der Waals surface area (Å²) in [7, 11) is 0. The summed E-state index contributed by atoms with van der Waals surface area (Å²) in [4.78, 5) is 11.6. The van der Waals surface area contributed by atoms with Crippen LogP contribution in [0.25, 0.3) is 0 Å². The van der Waals surface area contributed by atoms with Gasteiger partial charge in [0.05, 0.1) is 18.8 Å². The molecule has 0 aromatic carbocycles. The molecule has 132 valence electrons. The van der Waals surface area contributed by atoms with Crippen LogP contribution in [-0.4, -0.2) is 41.5 Å². The standard InChI is InChI=1S/C17H36N2O3/c1-3-4-5-6-7-8-9-10-11-12-13-18-16(22)19-17(2,14-20)15-21/h20-21H,3-15H2,1-2H3,(H2,18,19,22). The predicted molar refractivity (Wildman–Crippen MR) is 91.0 cm³/mol. The predicted octanol–water partition coefficient (Wildman–Crippen LogP) is 2.95. The van der Waals surface area contributed by atoms with Gasteiger partial charge in [-0.05, 0) is 13.3 Å². The first kappa shape index (κ1) is 21.2. The van der Waals surface area contributed by atoms with Crippen LogP contribution in [0.15, 0.2) is 0 Å². The minimum Gasteiger partial charge on any atom is -0.394 e. The zero-order valence-electron chi connectivity index (χ0n) is 14.5. The third-order valence-corrected chi connectivity index (χ3v) is 3.93. The molecule has 0 fully saturated rings. The normalized spacial score (nSPS) is 11.5. The Bertz CT molecular complexity index is 269. The number of nitrogens with one attached hydrogen (secondary N) is 2. The highest BCUT2D eigenvalue weighted by Gasteiger charge is 2.24. The molecule has 0 radical (unpaired) electrons. The van der Waals surface area contributed by atoms with E-state index in [9.17, 15) is 4.79 Å². The lowest BCUT2D eigenvalue weighted by atomic mass is 10.1. The Morgan fingerprint density at radius 1 is 0.864 bits per heavy atom. The van der Waals surface area contributed by atoms with Gasteiger partial charge in [0, 0.05) is 6.54 Å². The van der Waals surface area contributed by atoms with E-state index in [1.807, 2.05) is 0 Å². The molecule has 5 heteroatoms. The zero-order chi connectivity index (χ0) is 16.7. The van der Waals surface area contributed by atoms with E-state index >= 15 is 0 Å². The second-order valence-corrected chi connectivity index (χ2v) is 6.44. The first-order valence-electron chi connectivity index (χ1n) is 8.85. The Morgan fingerprint density at radius 2 is 1.32 bits per heavy atom. The highest BCUT2D eigenvalue weighted by atomic mass is 16.3. The quantitative estimate of drug-likeness (QED) is 0.372. The molecule has 2 amide bonds. The van der Waals surface area contributed by atoms with E-state index in [1.54, 1.807) is 6.92 Å². The van der Waals surface area contributed by atoms with Crippen LogP contribution in [0.4, 0.5) is 4.79 Å². The van der Waals surface area contributed by atoms with Crippen molar-refractivity contribution in [2.24, 2.45) is 0 Å². The lowest BCUT2D eigenvalue weighted by Crippen LogP contribution is -2.55. The molecule has 0 aliphatic heterocycles. The van der Waals surface area contributed by atoms with Crippen molar-refractivity contribution in [3.05, 3.63) is 0 Å². The van der Waals surface area contributed by atoms with Gasteiger partial charge >= 0.3 is 6.03 Å². The zero-order valence-corrected chi connectivity index (χ0v) is 14.5. The van der Waals surface area contributed by atoms with Crippen LogP contribution in [0, 0.1) is 0 Å². The van der Waals surface area contributed by atoms with E-state index in [0.29, 0.717) is 6.54 Å². The number of aliphatic hydroxyl groups excluding tert-OH is 2. The molecule has 5 nitrogen and oxygen atoms in total. The van der Waals surface area contributed by atoms with E-state index < -0.39 is 5.54 Å². The molecule has 0 aromatic heterocycles. The Morgan fingerprint density at radius 3 is 1.77 bits per heavy atom. The van der Waals surface area contributed by atoms with Crippen LogP contribution < -0.4 is 10.6 Å². The number of urea groups is 1. The number of amides is 2. The van der Waals surface area contributed by atoms with Crippen molar-refractivity contribution in [1.29, 1.82) is 0 Å². The second-order valence-electron chi connectivity index (χ2n) is 6.44. The van der Waals surface area contributed by atoms with Crippen LogP contribution in [0.2, 0.25) is 0 Å². The fourth-order valence-electron chi connectivity index (χ4n) is 2.26. The SMILES string of the molecule is CCCCCCCCCCCCNC(=O)NC(C)(CO)CO. The third kappa shape index (κ3) is 11.8. The molecule has 0 aliphatic carbocycles. The van der Waals surface area contributed by atoms with Crippen LogP contribution >= 0.6 is 0 Å². The van der Waals surface area contributed by atoms with Crippen LogP contribution in [-0.2, 0) is 0 Å². The van der Waals surface area contributed by atoms with Gasteiger partial charge in [0.15, 0.2) is 0 Å². The molecule has 22 heavy (non-hydrogen) atoms. The first-order valence-corrected chi connectivity index (χ1v) is 8.85. The monoisotopic (exact) mass is 316 g/mol. The summed E-state index contributed by atoms with van der Waals surface area (Å²) >= 11 is 0. The minimum absolute atomic E-state index is 0.283. The van der Waals surface area contributed by atoms with Gasteiger partial charge in [-0.15, -0.1) is 0 Å². The average molecular weight is 316 g/mol. The number of hydrogen-bond acceptors (Lipinski definition) is 3. The van der Waals surface area contributed by atoms with E-state index in [-0.39, 0.29) is 19.2 Å². The number of carbonyl (C=O) groups is 1. The summed E-state index contributed by atoms with van der Waals surface area (Å²) < 4.78 is 0. The number of hydrogen-bond donors (Lipinski definition) is 4. The van der Waals surface area contributed by atoms with Crippen LogP contribution in [0.3, 0.4) is 0 Å². The highest BCUT2D eigenvalue weighted by Crippen LogP contribution is 2.10. The second kappa shape index (κ2) is 13.8. The summed E-state index contributed by atoms with van der Waals surface area (Å²) in [6.45, 7) is 3.91. The van der Waals surface area contributed by atoms with Gasteiger partial charge in [0.2, 0.25) is 0 Å². The Balaban J connectivity index is 3.37. The molecular formula is C17H36N2O3. The van der Waals surface area contributed by atoms with Crippen molar-refractivity contribution < 1.29 is 15.0 Å². The van der Waals surface area contributed by atoms with Gasteiger partial charge in [0.1, 0.15) is 0 Å². The van der Waals surface area contributed by atoms with E-state index in [4.69, 9.17) is 10.2 Å². The number of unbranched alkanes of at least 4 members (excludes halogenated alkanes) is 9. The van der Waals surface area contributed by atoms with Gasteiger partial charge in [-0.3, -0.25) is 0 Å². The molecule has 0 aliphatic rings. The topological polar surface area (TPSA) is 81.6 Å². The van der Waals surface area contributed by atoms with Gasteiger partial charge in [-0.25, -0.2) is 4.79 Å². The maximum Gasteiger partial charge on any atom is 0.315 e. The first-order chi connectivity index (χ1) is 10.6. The van der Waals surface area contributed by atoms with Crippen molar-refractivity contribution in [3.63, 3.8) is 0 Å². The van der Waals surface area contributed by atoms with Crippen molar-refractivity contribution in [2.75, 3.05) is 19.8 Å². The summed E-state index contributed by atoms with van der Waals surface area (Å²) in [5.41, 5.74) is -0.956. The molecule has 0 saturated heterocycles. The largest absolute Gasteiger partial charge is 0.394 e. The summed E-state index contributed by atoms with van der Waals surface area (Å²) in [5, 5.41) is 23.5. The van der Waals surface area contributed by atoms with E-state index in [0.717, 1.165) is 12.8 Å². The van der Waals surface area contributed by atoms with Crippen LogP contribution in [0.5, 0.6) is 0 Å². The Labute approximate surface area is 135 Å². The minimum atomic E-state index is -0.956. The third-order valence-electron chi connectivity index (χ3n) is 3.93. The number of carbonyl (C=O) groups excluding carboxylic acids is 1. The molecule has 0 saturated carbocycles. The van der Waals surface area contributed by atoms with Crippen molar-refractivity contribution in [3.8, 4) is 0 Å². The number of aliphatic hydroxyl groups is 2. The molecule has 0 bridgehead atoms. The maximum absolute atomic E-state index is 11.6. The van der Waals surface area contributed by atoms with E-state index in [2.05, 4.69) is 17.6 Å². The fourth-order valence-corrected chi connectivity index (χ4v) is 2.26. The molecule has 4 N–H and O–H groups in total. The highest BCUT2D eigenvalue weighted by molar-refractivity contribution is 5.74. The van der Waals surface area contributed by atoms with Gasteiger partial charge in [-0.1, -0.05) is 64.7 Å². The maximum atomic E-state index is 11.6. The summed E-state index contributed by atoms with van der Waals surface area (Å²) in [6.07, 6.45) is 12.7. The lowest BCUT2D eigenvalue weighted by Gasteiger charge is -2.26. The number of rotatable bonds is 14. The van der Waals surface area contributed by atoms with Crippen LogP contribution in [0.1, 0.15) is 78.1 Å². The molecule has 0 spiro atoms. The Kier molecular flexibility index (Phi) is 13.3. The molecule has 0 unspecified atom stereocenters. The van der Waals surface area contributed by atoms with Gasteiger partial charge in [-0.2, -0.15) is 0 Å². The average Bonchev–Trinajstić information content (AvgIpc) is 2.52. The molecule has 0 heterocycles. The van der Waals surface area contributed by atoms with E-state index in [1.165, 1.54) is 51.4 Å². The molecular weight excluding hydrogens is 280 g/mol. The smallest absolute Gasteiger partial charge is 0.315 e. The Hall–Kier alpha value is -0.810. The molecule has 0 rings (SSSR count).